The molecule has 8 heteroatoms. The topological polar surface area (TPSA) is 116 Å². The Balaban J connectivity index is 2.44. The summed E-state index contributed by atoms with van der Waals surface area (Å²) in [6.07, 6.45) is -0.500. The van der Waals surface area contributed by atoms with E-state index >= 15 is 0 Å². The second kappa shape index (κ2) is 8.25. The largest absolute Gasteiger partial charge is 0.481 e. The Kier molecular flexibility index (Phi) is 6.67. The molecule has 0 aliphatic carbocycles. The summed E-state index contributed by atoms with van der Waals surface area (Å²) in [5.41, 5.74) is 0.853. The number of aliphatic carboxylic acids is 2. The third kappa shape index (κ3) is 6.75. The Morgan fingerprint density at radius 3 is 2.29 bits per heavy atom. The van der Waals surface area contributed by atoms with Gasteiger partial charge in [0.25, 0.3) is 0 Å². The molecule has 0 fully saturated rings. The van der Waals surface area contributed by atoms with E-state index in [0.717, 1.165) is 10.0 Å². The second-order valence-corrected chi connectivity index (χ2v) is 5.19. The van der Waals surface area contributed by atoms with Crippen molar-refractivity contribution in [2.75, 3.05) is 0 Å². The van der Waals surface area contributed by atoms with Crippen molar-refractivity contribution in [2.24, 2.45) is 0 Å². The molecule has 0 heterocycles. The summed E-state index contributed by atoms with van der Waals surface area (Å²) in [5.74, 6) is -2.38. The molecule has 0 spiro atoms. The van der Waals surface area contributed by atoms with Crippen LogP contribution < -0.4 is 10.6 Å². The first-order valence-electron chi connectivity index (χ1n) is 6.12. The van der Waals surface area contributed by atoms with Gasteiger partial charge in [-0.3, -0.25) is 4.79 Å². The van der Waals surface area contributed by atoms with Gasteiger partial charge in [0.05, 0.1) is 0 Å². The van der Waals surface area contributed by atoms with Gasteiger partial charge >= 0.3 is 18.0 Å². The van der Waals surface area contributed by atoms with Gasteiger partial charge in [0.2, 0.25) is 0 Å². The monoisotopic (exact) mass is 358 g/mol. The number of amides is 2. The summed E-state index contributed by atoms with van der Waals surface area (Å²) < 4.78 is 0.912. The van der Waals surface area contributed by atoms with E-state index in [1.165, 1.54) is 0 Å². The molecule has 0 radical (unpaired) electrons. The fourth-order valence-corrected chi connectivity index (χ4v) is 1.78. The van der Waals surface area contributed by atoms with Crippen molar-refractivity contribution in [3.63, 3.8) is 0 Å². The van der Waals surface area contributed by atoms with E-state index in [4.69, 9.17) is 10.2 Å². The van der Waals surface area contributed by atoms with Crippen LogP contribution >= 0.6 is 15.9 Å². The zero-order chi connectivity index (χ0) is 15.8. The predicted octanol–water partition coefficient (Wildman–Crippen LogP) is 1.57. The van der Waals surface area contributed by atoms with Crippen molar-refractivity contribution in [2.45, 2.75) is 25.4 Å². The van der Waals surface area contributed by atoms with Crippen LogP contribution in [0.4, 0.5) is 4.79 Å². The summed E-state index contributed by atoms with van der Waals surface area (Å²) in [4.78, 5) is 32.9. The first kappa shape index (κ1) is 17.0. The molecule has 0 saturated heterocycles. The van der Waals surface area contributed by atoms with Crippen molar-refractivity contribution < 1.29 is 24.6 Å². The van der Waals surface area contributed by atoms with Crippen LogP contribution in [0.15, 0.2) is 28.7 Å². The minimum absolute atomic E-state index is 0.170. The lowest BCUT2D eigenvalue weighted by atomic mass is 10.1. The number of benzene rings is 1. The van der Waals surface area contributed by atoms with E-state index in [-0.39, 0.29) is 19.4 Å². The molecule has 0 saturated carbocycles. The summed E-state index contributed by atoms with van der Waals surface area (Å²) in [5, 5.41) is 22.2. The molecular formula is C13H15BrN2O5. The maximum atomic E-state index is 11.6. The molecule has 1 rings (SSSR count). The van der Waals surface area contributed by atoms with Gasteiger partial charge in [-0.05, 0) is 24.1 Å². The number of nitrogens with one attached hydrogen (secondary N) is 2. The lowest BCUT2D eigenvalue weighted by Crippen LogP contribution is -2.45. The number of hydrogen-bond donors (Lipinski definition) is 4. The zero-order valence-electron chi connectivity index (χ0n) is 11.0. The number of halogens is 1. The third-order valence-corrected chi connectivity index (χ3v) is 3.15. The van der Waals surface area contributed by atoms with Crippen molar-refractivity contribution in [1.29, 1.82) is 0 Å². The van der Waals surface area contributed by atoms with Crippen LogP contribution in [0.5, 0.6) is 0 Å². The van der Waals surface area contributed by atoms with Crippen molar-refractivity contribution in [3.8, 4) is 0 Å². The van der Waals surface area contributed by atoms with Gasteiger partial charge in [-0.1, -0.05) is 28.1 Å². The van der Waals surface area contributed by atoms with E-state index < -0.39 is 24.0 Å². The molecule has 0 aromatic heterocycles. The fourth-order valence-electron chi connectivity index (χ4n) is 1.52. The van der Waals surface area contributed by atoms with Gasteiger partial charge in [-0.15, -0.1) is 0 Å². The Morgan fingerprint density at radius 1 is 1.14 bits per heavy atom. The fraction of sp³-hybridized carbons (Fsp3) is 0.308. The van der Waals surface area contributed by atoms with Gasteiger partial charge < -0.3 is 20.8 Å². The highest BCUT2D eigenvalue weighted by atomic mass is 79.9. The van der Waals surface area contributed by atoms with E-state index in [1.54, 1.807) is 0 Å². The Labute approximate surface area is 129 Å². The summed E-state index contributed by atoms with van der Waals surface area (Å²) in [6.45, 7) is 0.240. The quantitative estimate of drug-likeness (QED) is 0.590. The van der Waals surface area contributed by atoms with Crippen LogP contribution in [0.25, 0.3) is 0 Å². The standard InChI is InChI=1S/C13H15BrN2O5/c14-9-3-1-8(2-4-9)7-15-13(21)16-10(12(19)20)5-6-11(17)18/h1-4,10H,5-7H2,(H,17,18)(H,19,20)(H2,15,16,21)/t10-/m0/s1. The van der Waals surface area contributed by atoms with E-state index in [9.17, 15) is 14.4 Å². The van der Waals surface area contributed by atoms with E-state index in [2.05, 4.69) is 26.6 Å². The number of rotatable bonds is 7. The molecule has 0 aliphatic heterocycles. The van der Waals surface area contributed by atoms with Crippen LogP contribution in [-0.4, -0.2) is 34.2 Å². The first-order chi connectivity index (χ1) is 9.88. The third-order valence-electron chi connectivity index (χ3n) is 2.62. The molecule has 4 N–H and O–H groups in total. The lowest BCUT2D eigenvalue weighted by molar-refractivity contribution is -0.140. The molecule has 114 valence electrons. The minimum atomic E-state index is -1.27. The van der Waals surface area contributed by atoms with Crippen LogP contribution in [0, 0.1) is 0 Å². The van der Waals surface area contributed by atoms with Gasteiger partial charge in [0, 0.05) is 17.4 Å². The highest BCUT2D eigenvalue weighted by Crippen LogP contribution is 2.10. The number of urea groups is 1. The maximum Gasteiger partial charge on any atom is 0.326 e. The minimum Gasteiger partial charge on any atom is -0.481 e. The predicted molar refractivity (Wildman–Crippen MR) is 77.8 cm³/mol. The Bertz CT molecular complexity index is 518. The number of carboxylic acids is 2. The van der Waals surface area contributed by atoms with Gasteiger partial charge in [-0.25, -0.2) is 9.59 Å². The normalized spacial score (nSPS) is 11.5. The second-order valence-electron chi connectivity index (χ2n) is 4.28. The molecule has 1 aromatic carbocycles. The Hall–Kier alpha value is -2.09. The van der Waals surface area contributed by atoms with E-state index in [0.29, 0.717) is 0 Å². The molecule has 21 heavy (non-hydrogen) atoms. The average Bonchev–Trinajstić information content (AvgIpc) is 2.42. The lowest BCUT2D eigenvalue weighted by Gasteiger charge is -2.14. The molecule has 1 atom stereocenters. The number of carbonyl (C=O) groups is 3. The van der Waals surface area contributed by atoms with Gasteiger partial charge in [0.1, 0.15) is 6.04 Å². The molecule has 0 unspecified atom stereocenters. The van der Waals surface area contributed by atoms with Gasteiger partial charge in [-0.2, -0.15) is 0 Å². The summed E-state index contributed by atoms with van der Waals surface area (Å²) >= 11 is 3.29. The molecule has 2 amide bonds. The molecule has 1 aromatic rings. The van der Waals surface area contributed by atoms with Crippen molar-refractivity contribution >= 4 is 33.9 Å². The van der Waals surface area contributed by atoms with Crippen LogP contribution in [0.3, 0.4) is 0 Å². The smallest absolute Gasteiger partial charge is 0.326 e. The van der Waals surface area contributed by atoms with Crippen LogP contribution in [-0.2, 0) is 16.1 Å². The van der Waals surface area contributed by atoms with E-state index in [1.807, 2.05) is 24.3 Å². The number of carbonyl (C=O) groups excluding carboxylic acids is 1. The molecular weight excluding hydrogens is 344 g/mol. The zero-order valence-corrected chi connectivity index (χ0v) is 12.6. The SMILES string of the molecule is O=C(O)CC[C@H](NC(=O)NCc1ccc(Br)cc1)C(=O)O. The number of hydrogen-bond acceptors (Lipinski definition) is 3. The van der Waals surface area contributed by atoms with Crippen LogP contribution in [0.1, 0.15) is 18.4 Å². The maximum absolute atomic E-state index is 11.6. The van der Waals surface area contributed by atoms with Crippen LogP contribution in [0.2, 0.25) is 0 Å². The highest BCUT2D eigenvalue weighted by molar-refractivity contribution is 9.10. The number of carboxylic acid groups (broad SMARTS) is 2. The first-order valence-corrected chi connectivity index (χ1v) is 6.91. The summed E-state index contributed by atoms with van der Waals surface area (Å²) in [7, 11) is 0. The molecule has 0 bridgehead atoms. The highest BCUT2D eigenvalue weighted by Gasteiger charge is 2.20. The average molecular weight is 359 g/mol. The van der Waals surface area contributed by atoms with Crippen molar-refractivity contribution in [1.82, 2.24) is 10.6 Å². The van der Waals surface area contributed by atoms with Gasteiger partial charge in [0.15, 0.2) is 0 Å². The molecule has 7 nitrogen and oxygen atoms in total. The Morgan fingerprint density at radius 2 is 1.76 bits per heavy atom. The molecule has 0 aliphatic rings. The van der Waals surface area contributed by atoms with Crippen molar-refractivity contribution in [3.05, 3.63) is 34.3 Å². The summed E-state index contributed by atoms with van der Waals surface area (Å²) in [6, 6.07) is 5.37.